The largest absolute Gasteiger partial charge is 0.349 e. The number of rotatable bonds is 5. The number of aromatic nitrogens is 1. The molecule has 0 N–H and O–H groups in total. The molecular formula is C20H14Cl4N2S2. The highest BCUT2D eigenvalue weighted by Gasteiger charge is 2.20. The summed E-state index contributed by atoms with van der Waals surface area (Å²) in [6, 6.07) is 20.2. The van der Waals surface area contributed by atoms with Gasteiger partial charge in [-0.1, -0.05) is 131 Å². The third-order valence-electron chi connectivity index (χ3n) is 3.84. The average molecular weight is 488 g/mol. The lowest BCUT2D eigenvalue weighted by atomic mass is 10.2. The second-order valence-corrected chi connectivity index (χ2v) is 8.96. The molecule has 2 aromatic carbocycles. The summed E-state index contributed by atoms with van der Waals surface area (Å²) in [5, 5.41) is 0.670. The highest BCUT2D eigenvalue weighted by Crippen LogP contribution is 2.42. The lowest BCUT2D eigenvalue weighted by Gasteiger charge is -2.25. The molecular weight excluding hydrogens is 474 g/mol. The first-order chi connectivity index (χ1) is 13.5. The van der Waals surface area contributed by atoms with E-state index in [2.05, 4.69) is 34.1 Å². The Balaban J connectivity index is 1.88. The molecule has 0 bridgehead atoms. The minimum absolute atomic E-state index is 0.0963. The van der Waals surface area contributed by atoms with Crippen LogP contribution in [0.5, 0.6) is 0 Å². The molecule has 0 unspecified atom stereocenters. The van der Waals surface area contributed by atoms with Crippen molar-refractivity contribution >= 4 is 74.7 Å². The Morgan fingerprint density at radius 3 is 1.64 bits per heavy atom. The van der Waals surface area contributed by atoms with Gasteiger partial charge in [-0.05, 0) is 11.1 Å². The molecule has 0 atom stereocenters. The fourth-order valence-corrected chi connectivity index (χ4v) is 4.75. The molecule has 3 aromatic rings. The predicted octanol–water partition coefficient (Wildman–Crippen LogP) is 7.77. The van der Waals surface area contributed by atoms with E-state index in [1.807, 2.05) is 36.4 Å². The molecule has 1 aromatic heterocycles. The molecule has 1 heterocycles. The van der Waals surface area contributed by atoms with Crippen molar-refractivity contribution in [2.24, 2.45) is 0 Å². The molecule has 2 nitrogen and oxygen atoms in total. The van der Waals surface area contributed by atoms with Gasteiger partial charge in [0.25, 0.3) is 0 Å². The van der Waals surface area contributed by atoms with Crippen LogP contribution in [0.4, 0.5) is 0 Å². The monoisotopic (exact) mass is 486 g/mol. The summed E-state index contributed by atoms with van der Waals surface area (Å²) >= 11 is 31.7. The molecule has 144 valence electrons. The van der Waals surface area contributed by atoms with E-state index in [1.54, 1.807) is 0 Å². The van der Waals surface area contributed by atoms with Crippen molar-refractivity contribution in [2.75, 3.05) is 0 Å². The van der Waals surface area contributed by atoms with E-state index >= 15 is 0 Å². The highest BCUT2D eigenvalue weighted by molar-refractivity contribution is 8.23. The van der Waals surface area contributed by atoms with Gasteiger partial charge >= 0.3 is 0 Å². The van der Waals surface area contributed by atoms with Crippen LogP contribution < -0.4 is 0 Å². The molecule has 0 saturated heterocycles. The number of halogens is 4. The van der Waals surface area contributed by atoms with Gasteiger partial charge in [-0.15, -0.1) is 0 Å². The van der Waals surface area contributed by atoms with Crippen molar-refractivity contribution in [3.8, 4) is 0 Å². The normalized spacial score (nSPS) is 10.7. The summed E-state index contributed by atoms with van der Waals surface area (Å²) in [7, 11) is 0. The maximum absolute atomic E-state index is 6.30. The van der Waals surface area contributed by atoms with E-state index < -0.39 is 0 Å². The Morgan fingerprint density at radius 2 is 1.21 bits per heavy atom. The summed E-state index contributed by atoms with van der Waals surface area (Å²) in [6.45, 7) is 1.28. The fraction of sp³-hybridized carbons (Fsp3) is 0.100. The molecule has 0 fully saturated rings. The minimum atomic E-state index is 0.0963. The zero-order chi connectivity index (χ0) is 20.1. The van der Waals surface area contributed by atoms with Gasteiger partial charge in [0.1, 0.15) is 4.32 Å². The Morgan fingerprint density at radius 1 is 0.786 bits per heavy atom. The Labute approximate surface area is 193 Å². The van der Waals surface area contributed by atoms with E-state index in [-0.39, 0.29) is 20.4 Å². The third-order valence-corrected chi connectivity index (χ3v) is 7.09. The number of thiocarbonyl (C=S) groups is 1. The molecule has 0 saturated carbocycles. The molecule has 8 heteroatoms. The zero-order valence-corrected chi connectivity index (χ0v) is 19.1. The van der Waals surface area contributed by atoms with Crippen molar-refractivity contribution < 1.29 is 0 Å². The quantitative estimate of drug-likeness (QED) is 0.207. The molecule has 28 heavy (non-hydrogen) atoms. The lowest BCUT2D eigenvalue weighted by Crippen LogP contribution is -2.26. The smallest absolute Gasteiger partial charge is 0.150 e. The predicted molar refractivity (Wildman–Crippen MR) is 125 cm³/mol. The summed E-state index contributed by atoms with van der Waals surface area (Å²) in [4.78, 5) is 6.50. The average Bonchev–Trinajstić information content (AvgIpc) is 2.70. The van der Waals surface area contributed by atoms with Crippen LogP contribution in [-0.2, 0) is 13.1 Å². The van der Waals surface area contributed by atoms with Crippen molar-refractivity contribution in [1.82, 2.24) is 9.88 Å². The van der Waals surface area contributed by atoms with Gasteiger partial charge in [-0.25, -0.2) is 4.98 Å². The van der Waals surface area contributed by atoms with Crippen LogP contribution in [0.25, 0.3) is 0 Å². The molecule has 3 rings (SSSR count). The van der Waals surface area contributed by atoms with Crippen molar-refractivity contribution in [3.05, 3.63) is 92.1 Å². The molecule has 0 aliphatic carbocycles. The first kappa shape index (κ1) is 21.7. The number of pyridine rings is 1. The summed E-state index contributed by atoms with van der Waals surface area (Å²) in [5.41, 5.74) is 2.29. The van der Waals surface area contributed by atoms with Crippen molar-refractivity contribution in [3.63, 3.8) is 0 Å². The van der Waals surface area contributed by atoms with Crippen LogP contribution in [0, 0.1) is 0 Å². The number of hydrogen-bond acceptors (Lipinski definition) is 3. The number of nitrogens with zero attached hydrogens (tertiary/aromatic N) is 2. The maximum atomic E-state index is 6.30. The van der Waals surface area contributed by atoms with Gasteiger partial charge in [0, 0.05) is 13.1 Å². The van der Waals surface area contributed by atoms with E-state index in [0.29, 0.717) is 22.3 Å². The third kappa shape index (κ3) is 5.53. The van der Waals surface area contributed by atoms with Crippen LogP contribution in [-0.4, -0.2) is 14.2 Å². The maximum Gasteiger partial charge on any atom is 0.150 e. The Hall–Kier alpha value is -1.01. The van der Waals surface area contributed by atoms with E-state index in [4.69, 9.17) is 58.6 Å². The van der Waals surface area contributed by atoms with Gasteiger partial charge in [0.15, 0.2) is 10.3 Å². The molecule has 0 amide bonds. The van der Waals surface area contributed by atoms with Crippen LogP contribution in [0.2, 0.25) is 20.4 Å². The van der Waals surface area contributed by atoms with Gasteiger partial charge in [0.2, 0.25) is 0 Å². The Kier molecular flexibility index (Phi) is 7.86. The summed E-state index contributed by atoms with van der Waals surface area (Å²) in [6.07, 6.45) is 0. The topological polar surface area (TPSA) is 16.1 Å². The fourth-order valence-electron chi connectivity index (χ4n) is 2.50. The molecule has 0 aliphatic heterocycles. The summed E-state index contributed by atoms with van der Waals surface area (Å²) < 4.78 is 0.606. The first-order valence-corrected chi connectivity index (χ1v) is 10.9. The lowest BCUT2D eigenvalue weighted by molar-refractivity contribution is 0.421. The van der Waals surface area contributed by atoms with Crippen LogP contribution in [0.3, 0.4) is 0 Å². The van der Waals surface area contributed by atoms with E-state index in [1.165, 1.54) is 11.8 Å². The van der Waals surface area contributed by atoms with Crippen LogP contribution >= 0.6 is 70.4 Å². The second-order valence-electron chi connectivity index (χ2n) is 5.85. The standard InChI is InChI=1S/C20H14Cl4N2S2/c21-15-17(16(22)19(24)25-18(15)23)28-20(27)26(11-13-7-3-1-4-8-13)12-14-9-5-2-6-10-14/h1-10H,11-12H2. The number of thioether (sulfide) groups is 1. The van der Waals surface area contributed by atoms with Gasteiger partial charge in [0.05, 0.1) is 14.9 Å². The molecule has 0 aliphatic rings. The van der Waals surface area contributed by atoms with E-state index in [0.717, 1.165) is 11.1 Å². The van der Waals surface area contributed by atoms with Crippen LogP contribution in [0.1, 0.15) is 11.1 Å². The summed E-state index contributed by atoms with van der Waals surface area (Å²) in [5.74, 6) is 0. The molecule has 0 radical (unpaired) electrons. The minimum Gasteiger partial charge on any atom is -0.349 e. The molecule has 0 spiro atoms. The van der Waals surface area contributed by atoms with E-state index in [9.17, 15) is 0 Å². The van der Waals surface area contributed by atoms with Gasteiger partial charge in [-0.2, -0.15) is 0 Å². The van der Waals surface area contributed by atoms with Gasteiger partial charge in [-0.3, -0.25) is 0 Å². The highest BCUT2D eigenvalue weighted by atomic mass is 35.5. The second kappa shape index (κ2) is 10.1. The Bertz CT molecular complexity index is 901. The SMILES string of the molecule is S=C(Sc1c(Cl)c(Cl)nc(Cl)c1Cl)N(Cc1ccccc1)Cc1ccccc1. The van der Waals surface area contributed by atoms with Crippen molar-refractivity contribution in [2.45, 2.75) is 18.0 Å². The van der Waals surface area contributed by atoms with Crippen molar-refractivity contribution in [1.29, 1.82) is 0 Å². The van der Waals surface area contributed by atoms with Crippen LogP contribution in [0.15, 0.2) is 65.6 Å². The zero-order valence-electron chi connectivity index (χ0n) is 14.4. The van der Waals surface area contributed by atoms with Gasteiger partial charge < -0.3 is 4.90 Å². The first-order valence-electron chi connectivity index (χ1n) is 8.20. The number of benzene rings is 2. The number of hydrogen-bond donors (Lipinski definition) is 0.